The van der Waals surface area contributed by atoms with Crippen LogP contribution in [0.15, 0.2) is 42.5 Å². The molecule has 0 aromatic heterocycles. The second kappa shape index (κ2) is 8.15. The van der Waals surface area contributed by atoms with E-state index in [0.717, 1.165) is 5.56 Å². The van der Waals surface area contributed by atoms with Gasteiger partial charge >= 0.3 is 5.97 Å². The highest BCUT2D eigenvalue weighted by Gasteiger charge is 2.20. The first-order valence-electron chi connectivity index (χ1n) is 7.55. The van der Waals surface area contributed by atoms with Gasteiger partial charge in [0.1, 0.15) is 28.6 Å². The second-order valence-electron chi connectivity index (χ2n) is 4.84. The molecule has 0 aliphatic carbocycles. The number of benzene rings is 2. The Labute approximate surface area is 140 Å². The van der Waals surface area contributed by atoms with Crippen LogP contribution in [-0.4, -0.2) is 19.7 Å². The Bertz CT molecular complexity index is 753. The third kappa shape index (κ3) is 3.93. The van der Waals surface area contributed by atoms with Crippen LogP contribution in [0.2, 0.25) is 0 Å². The Morgan fingerprint density at radius 2 is 2.00 bits per heavy atom. The third-order valence-electron chi connectivity index (χ3n) is 3.24. The number of esters is 1. The summed E-state index contributed by atoms with van der Waals surface area (Å²) < 4.78 is 30.0. The van der Waals surface area contributed by atoms with Crippen molar-refractivity contribution in [3.05, 3.63) is 59.4 Å². The van der Waals surface area contributed by atoms with Crippen LogP contribution in [0.4, 0.5) is 4.39 Å². The molecular weight excluding hydrogens is 311 g/mol. The molecule has 0 heterocycles. The molecule has 0 saturated heterocycles. The van der Waals surface area contributed by atoms with Gasteiger partial charge in [-0.15, -0.1) is 0 Å². The molecule has 0 aliphatic rings. The number of ether oxygens (including phenoxy) is 3. The van der Waals surface area contributed by atoms with Gasteiger partial charge in [-0.05, 0) is 44.2 Å². The largest absolute Gasteiger partial charge is 0.497 e. The summed E-state index contributed by atoms with van der Waals surface area (Å²) in [6.45, 7) is 3.68. The molecule has 24 heavy (non-hydrogen) atoms. The van der Waals surface area contributed by atoms with E-state index < -0.39 is 11.8 Å². The number of rotatable bonds is 6. The fourth-order valence-corrected chi connectivity index (χ4v) is 2.17. The zero-order chi connectivity index (χ0) is 17.5. The molecule has 0 unspecified atom stereocenters. The molecule has 0 radical (unpaired) electrons. The number of hydrogen-bond acceptors (Lipinski definition) is 4. The molecule has 2 aromatic carbocycles. The lowest BCUT2D eigenvalue weighted by Crippen LogP contribution is -2.09. The molecule has 2 rings (SSSR count). The molecule has 0 spiro atoms. The van der Waals surface area contributed by atoms with E-state index in [1.165, 1.54) is 18.2 Å². The van der Waals surface area contributed by atoms with Gasteiger partial charge in [-0.2, -0.15) is 0 Å². The van der Waals surface area contributed by atoms with E-state index in [4.69, 9.17) is 14.2 Å². The van der Waals surface area contributed by atoms with Crippen molar-refractivity contribution in [2.75, 3.05) is 13.7 Å². The lowest BCUT2D eigenvalue weighted by molar-refractivity contribution is 0.0518. The fourth-order valence-electron chi connectivity index (χ4n) is 2.17. The summed E-state index contributed by atoms with van der Waals surface area (Å²) >= 11 is 0. The quantitative estimate of drug-likeness (QED) is 0.711. The Morgan fingerprint density at radius 1 is 1.21 bits per heavy atom. The van der Waals surface area contributed by atoms with Gasteiger partial charge < -0.3 is 14.2 Å². The summed E-state index contributed by atoms with van der Waals surface area (Å²) in [5.74, 6) is -0.200. The topological polar surface area (TPSA) is 44.8 Å². The summed E-state index contributed by atoms with van der Waals surface area (Å²) in [6, 6.07) is 9.42. The highest BCUT2D eigenvalue weighted by Crippen LogP contribution is 2.32. The molecule has 0 bridgehead atoms. The lowest BCUT2D eigenvalue weighted by atomic mass is 10.1. The minimum atomic E-state index is -0.758. The van der Waals surface area contributed by atoms with E-state index >= 15 is 0 Å². The fraction of sp³-hybridized carbons (Fsp3) is 0.211. The first-order chi connectivity index (χ1) is 11.6. The third-order valence-corrected chi connectivity index (χ3v) is 3.24. The SMILES string of the molecule is CC=Cc1cc(OC)ccc1Oc1cccc(F)c1C(=O)OCC. The number of carbonyl (C=O) groups excluding carboxylic acids is 1. The minimum absolute atomic E-state index is 0.101. The van der Waals surface area contributed by atoms with E-state index in [9.17, 15) is 9.18 Å². The summed E-state index contributed by atoms with van der Waals surface area (Å²) in [4.78, 5) is 12.0. The van der Waals surface area contributed by atoms with Crippen molar-refractivity contribution >= 4 is 12.0 Å². The zero-order valence-corrected chi connectivity index (χ0v) is 13.8. The van der Waals surface area contributed by atoms with Crippen molar-refractivity contribution in [1.82, 2.24) is 0 Å². The highest BCUT2D eigenvalue weighted by atomic mass is 19.1. The number of carbonyl (C=O) groups is 1. The Balaban J connectivity index is 2.45. The Kier molecular flexibility index (Phi) is 5.95. The van der Waals surface area contributed by atoms with Gasteiger partial charge in [0.2, 0.25) is 0 Å². The van der Waals surface area contributed by atoms with Crippen LogP contribution in [0.5, 0.6) is 17.2 Å². The van der Waals surface area contributed by atoms with E-state index in [1.54, 1.807) is 32.2 Å². The minimum Gasteiger partial charge on any atom is -0.497 e. The number of halogens is 1. The molecule has 2 aromatic rings. The Morgan fingerprint density at radius 3 is 2.67 bits per heavy atom. The summed E-state index contributed by atoms with van der Waals surface area (Å²) in [5, 5.41) is 0. The van der Waals surface area contributed by atoms with Crippen molar-refractivity contribution in [1.29, 1.82) is 0 Å². The summed E-state index contributed by atoms with van der Waals surface area (Å²) in [7, 11) is 1.57. The van der Waals surface area contributed by atoms with Crippen LogP contribution < -0.4 is 9.47 Å². The van der Waals surface area contributed by atoms with Gasteiger partial charge in [0.05, 0.1) is 13.7 Å². The molecule has 0 atom stereocenters. The molecule has 126 valence electrons. The molecule has 0 amide bonds. The van der Waals surface area contributed by atoms with Crippen LogP contribution in [0.3, 0.4) is 0 Å². The standard InChI is InChI=1S/C19H19FO4/c1-4-7-13-12-14(22-3)10-11-16(13)24-17-9-6-8-15(20)18(17)19(21)23-5-2/h4,6-12H,5H2,1-3H3. The van der Waals surface area contributed by atoms with Crippen LogP contribution in [-0.2, 0) is 4.74 Å². The zero-order valence-electron chi connectivity index (χ0n) is 13.8. The van der Waals surface area contributed by atoms with Crippen LogP contribution >= 0.6 is 0 Å². The Hall–Kier alpha value is -2.82. The predicted molar refractivity (Wildman–Crippen MR) is 90.1 cm³/mol. The highest BCUT2D eigenvalue weighted by molar-refractivity contribution is 5.93. The molecule has 0 fully saturated rings. The molecule has 0 saturated carbocycles. The van der Waals surface area contributed by atoms with Crippen LogP contribution in [0, 0.1) is 5.82 Å². The monoisotopic (exact) mass is 330 g/mol. The molecule has 4 nitrogen and oxygen atoms in total. The summed E-state index contributed by atoms with van der Waals surface area (Å²) in [5.41, 5.74) is 0.525. The van der Waals surface area contributed by atoms with Crippen molar-refractivity contribution in [3.63, 3.8) is 0 Å². The van der Waals surface area contributed by atoms with Crippen molar-refractivity contribution in [2.24, 2.45) is 0 Å². The normalized spacial score (nSPS) is 10.7. The van der Waals surface area contributed by atoms with Crippen molar-refractivity contribution < 1.29 is 23.4 Å². The maximum absolute atomic E-state index is 14.1. The number of methoxy groups -OCH3 is 1. The van der Waals surface area contributed by atoms with E-state index in [2.05, 4.69) is 0 Å². The average Bonchev–Trinajstić information content (AvgIpc) is 2.57. The molecule has 0 N–H and O–H groups in total. The van der Waals surface area contributed by atoms with Crippen molar-refractivity contribution in [3.8, 4) is 17.2 Å². The second-order valence-corrected chi connectivity index (χ2v) is 4.84. The van der Waals surface area contributed by atoms with E-state index in [0.29, 0.717) is 11.5 Å². The van der Waals surface area contributed by atoms with Gasteiger partial charge in [0, 0.05) is 5.56 Å². The first kappa shape index (κ1) is 17.5. The molecular formula is C19H19FO4. The number of hydrogen-bond donors (Lipinski definition) is 0. The maximum atomic E-state index is 14.1. The van der Waals surface area contributed by atoms with Crippen LogP contribution in [0.25, 0.3) is 6.08 Å². The van der Waals surface area contributed by atoms with Crippen LogP contribution in [0.1, 0.15) is 29.8 Å². The van der Waals surface area contributed by atoms with Gasteiger partial charge in [0.15, 0.2) is 0 Å². The van der Waals surface area contributed by atoms with Gasteiger partial charge in [-0.1, -0.05) is 18.2 Å². The first-order valence-corrected chi connectivity index (χ1v) is 7.55. The van der Waals surface area contributed by atoms with E-state index in [-0.39, 0.29) is 17.9 Å². The molecule has 5 heteroatoms. The maximum Gasteiger partial charge on any atom is 0.344 e. The molecule has 0 aliphatic heterocycles. The van der Waals surface area contributed by atoms with Gasteiger partial charge in [-0.25, -0.2) is 9.18 Å². The smallest absolute Gasteiger partial charge is 0.344 e. The van der Waals surface area contributed by atoms with Gasteiger partial charge in [0.25, 0.3) is 0 Å². The lowest BCUT2D eigenvalue weighted by Gasteiger charge is -2.14. The average molecular weight is 330 g/mol. The predicted octanol–water partition coefficient (Wildman–Crippen LogP) is 4.84. The summed E-state index contributed by atoms with van der Waals surface area (Å²) in [6.07, 6.45) is 3.68. The van der Waals surface area contributed by atoms with Crippen molar-refractivity contribution in [2.45, 2.75) is 13.8 Å². The van der Waals surface area contributed by atoms with E-state index in [1.807, 2.05) is 19.1 Å². The van der Waals surface area contributed by atoms with Gasteiger partial charge in [-0.3, -0.25) is 0 Å². The number of allylic oxidation sites excluding steroid dienone is 1.